The lowest BCUT2D eigenvalue weighted by Gasteiger charge is -1.96. The van der Waals surface area contributed by atoms with Crippen LogP contribution >= 0.6 is 0 Å². The molecule has 1 amide bonds. The summed E-state index contributed by atoms with van der Waals surface area (Å²) in [6.07, 6.45) is 5.43. The zero-order valence-corrected chi connectivity index (χ0v) is 7.90. The fraction of sp³-hybridized carbons (Fsp3) is 0. The van der Waals surface area contributed by atoms with Gasteiger partial charge in [0.05, 0.1) is 5.52 Å². The van der Waals surface area contributed by atoms with E-state index in [0.29, 0.717) is 6.41 Å². The molecule has 0 bridgehead atoms. The van der Waals surface area contributed by atoms with Gasteiger partial charge < -0.3 is 15.4 Å². The number of H-pyrrole nitrogens is 1. The topological polar surface area (TPSA) is 65.1 Å². The van der Waals surface area contributed by atoms with Crippen molar-refractivity contribution >= 4 is 23.4 Å². The fourth-order valence-electron chi connectivity index (χ4n) is 1.48. The molecule has 0 aliphatic heterocycles. The highest BCUT2D eigenvalue weighted by molar-refractivity contribution is 5.92. The fourth-order valence-corrected chi connectivity index (χ4v) is 1.48. The van der Waals surface area contributed by atoms with Crippen LogP contribution in [0.5, 0.6) is 5.75 Å². The van der Waals surface area contributed by atoms with Crippen LogP contribution in [0.15, 0.2) is 30.6 Å². The summed E-state index contributed by atoms with van der Waals surface area (Å²) in [5, 5.41) is 12.7. The molecule has 0 atom stereocenters. The lowest BCUT2D eigenvalue weighted by molar-refractivity contribution is -0.108. The molecule has 1 aromatic heterocycles. The maximum atomic E-state index is 10.1. The van der Waals surface area contributed by atoms with Gasteiger partial charge in [-0.15, -0.1) is 0 Å². The Balaban J connectivity index is 2.47. The molecule has 3 N–H and O–H groups in total. The van der Waals surface area contributed by atoms with E-state index in [1.165, 1.54) is 6.20 Å². The highest BCUT2D eigenvalue weighted by Gasteiger charge is 2.03. The molecule has 2 rings (SSSR count). The number of benzene rings is 1. The minimum atomic E-state index is 0.226. The number of hydrogen-bond acceptors (Lipinski definition) is 2. The van der Waals surface area contributed by atoms with Gasteiger partial charge in [-0.3, -0.25) is 4.79 Å². The van der Waals surface area contributed by atoms with Crippen molar-refractivity contribution in [3.8, 4) is 5.75 Å². The first-order valence-electron chi connectivity index (χ1n) is 4.48. The van der Waals surface area contributed by atoms with Gasteiger partial charge in [-0.2, -0.15) is 0 Å². The number of amides is 1. The normalized spacial score (nSPS) is 10.9. The highest BCUT2D eigenvalue weighted by atomic mass is 16.3. The third-order valence-electron chi connectivity index (χ3n) is 2.15. The molecular weight excluding hydrogens is 192 g/mol. The Labute approximate surface area is 86.2 Å². The summed E-state index contributed by atoms with van der Waals surface area (Å²) in [6, 6.07) is 5.56. The van der Waals surface area contributed by atoms with Crippen molar-refractivity contribution in [2.24, 2.45) is 0 Å². The van der Waals surface area contributed by atoms with E-state index in [-0.39, 0.29) is 5.75 Å². The number of fused-ring (bicyclic) bond motifs is 1. The first kappa shape index (κ1) is 9.33. The van der Waals surface area contributed by atoms with E-state index in [1.807, 2.05) is 18.2 Å². The number of aromatic nitrogens is 1. The molecule has 76 valence electrons. The van der Waals surface area contributed by atoms with Crippen LogP contribution in [-0.4, -0.2) is 16.5 Å². The summed E-state index contributed by atoms with van der Waals surface area (Å²) in [7, 11) is 0. The van der Waals surface area contributed by atoms with Crippen molar-refractivity contribution in [3.63, 3.8) is 0 Å². The standard InChI is InChI=1S/C11H10N2O2/c14-7-12-5-4-8-2-1-3-9-10(15)6-13-11(8)9/h1-7,13,15H,(H,12,14)/b5-4-. The molecule has 1 heterocycles. The molecule has 0 saturated carbocycles. The maximum absolute atomic E-state index is 10.1. The zero-order chi connectivity index (χ0) is 10.7. The van der Waals surface area contributed by atoms with Crippen molar-refractivity contribution in [3.05, 3.63) is 36.2 Å². The summed E-state index contributed by atoms with van der Waals surface area (Å²) in [5.74, 6) is 0.226. The van der Waals surface area contributed by atoms with E-state index in [4.69, 9.17) is 0 Å². The number of aromatic hydroxyl groups is 1. The molecule has 4 nitrogen and oxygen atoms in total. The number of hydrogen-bond donors (Lipinski definition) is 3. The van der Waals surface area contributed by atoms with Gasteiger partial charge in [0.2, 0.25) is 6.41 Å². The highest BCUT2D eigenvalue weighted by Crippen LogP contribution is 2.26. The van der Waals surface area contributed by atoms with E-state index in [9.17, 15) is 9.90 Å². The molecule has 1 aromatic carbocycles. The van der Waals surface area contributed by atoms with Gasteiger partial charge in [0.1, 0.15) is 5.75 Å². The van der Waals surface area contributed by atoms with Crippen LogP contribution in [-0.2, 0) is 4.79 Å². The summed E-state index contributed by atoms with van der Waals surface area (Å²) < 4.78 is 0. The quantitative estimate of drug-likeness (QED) is 0.662. The second-order valence-corrected chi connectivity index (χ2v) is 3.06. The van der Waals surface area contributed by atoms with E-state index in [2.05, 4.69) is 10.3 Å². The molecule has 0 aliphatic carbocycles. The SMILES string of the molecule is O=CN/C=C\c1cccc2c(O)c[nH]c12. The van der Waals surface area contributed by atoms with Crippen molar-refractivity contribution < 1.29 is 9.90 Å². The third kappa shape index (κ3) is 1.69. The van der Waals surface area contributed by atoms with E-state index >= 15 is 0 Å². The van der Waals surface area contributed by atoms with Gasteiger partial charge in [-0.1, -0.05) is 12.1 Å². The molecule has 0 fully saturated rings. The third-order valence-corrected chi connectivity index (χ3v) is 2.15. The number of aromatic amines is 1. The lowest BCUT2D eigenvalue weighted by atomic mass is 10.1. The number of carbonyl (C=O) groups excluding carboxylic acids is 1. The van der Waals surface area contributed by atoms with Crippen LogP contribution < -0.4 is 5.32 Å². The second kappa shape index (κ2) is 3.88. The summed E-state index contributed by atoms with van der Waals surface area (Å²) >= 11 is 0. The Hall–Kier alpha value is -2.23. The van der Waals surface area contributed by atoms with Crippen LogP contribution in [0.2, 0.25) is 0 Å². The number of nitrogens with one attached hydrogen (secondary N) is 2. The van der Waals surface area contributed by atoms with E-state index < -0.39 is 0 Å². The zero-order valence-electron chi connectivity index (χ0n) is 7.90. The molecule has 0 saturated heterocycles. The summed E-state index contributed by atoms with van der Waals surface area (Å²) in [4.78, 5) is 13.0. The van der Waals surface area contributed by atoms with Gasteiger partial charge in [-0.05, 0) is 12.1 Å². The van der Waals surface area contributed by atoms with Crippen molar-refractivity contribution in [1.29, 1.82) is 0 Å². The first-order chi connectivity index (χ1) is 7.33. The van der Waals surface area contributed by atoms with Gasteiger partial charge in [-0.25, -0.2) is 0 Å². The van der Waals surface area contributed by atoms with E-state index in [0.717, 1.165) is 16.5 Å². The Morgan fingerprint density at radius 1 is 1.40 bits per heavy atom. The smallest absolute Gasteiger partial charge is 0.211 e. The predicted molar refractivity (Wildman–Crippen MR) is 58.2 cm³/mol. The van der Waals surface area contributed by atoms with Crippen molar-refractivity contribution in [2.75, 3.05) is 0 Å². The van der Waals surface area contributed by atoms with Crippen molar-refractivity contribution in [2.45, 2.75) is 0 Å². The molecule has 0 unspecified atom stereocenters. The van der Waals surface area contributed by atoms with Crippen LogP contribution in [0.1, 0.15) is 5.56 Å². The molecule has 15 heavy (non-hydrogen) atoms. The van der Waals surface area contributed by atoms with Crippen LogP contribution in [0.3, 0.4) is 0 Å². The Bertz CT molecular complexity index is 514. The molecule has 0 aliphatic rings. The maximum Gasteiger partial charge on any atom is 0.211 e. The largest absolute Gasteiger partial charge is 0.506 e. The second-order valence-electron chi connectivity index (χ2n) is 3.06. The van der Waals surface area contributed by atoms with Gasteiger partial charge in [0.25, 0.3) is 0 Å². The summed E-state index contributed by atoms with van der Waals surface area (Å²) in [6.45, 7) is 0. The number of carbonyl (C=O) groups is 1. The van der Waals surface area contributed by atoms with Gasteiger partial charge in [0.15, 0.2) is 0 Å². The summed E-state index contributed by atoms with van der Waals surface area (Å²) in [5.41, 5.74) is 1.75. The number of rotatable bonds is 3. The van der Waals surface area contributed by atoms with Crippen LogP contribution in [0.25, 0.3) is 17.0 Å². The molecule has 2 aromatic rings. The Morgan fingerprint density at radius 3 is 3.07 bits per heavy atom. The van der Waals surface area contributed by atoms with Gasteiger partial charge >= 0.3 is 0 Å². The van der Waals surface area contributed by atoms with Gasteiger partial charge in [0, 0.05) is 23.3 Å². The Morgan fingerprint density at radius 2 is 2.27 bits per heavy atom. The number of para-hydroxylation sites is 1. The average molecular weight is 202 g/mol. The average Bonchev–Trinajstić information content (AvgIpc) is 2.62. The van der Waals surface area contributed by atoms with E-state index in [1.54, 1.807) is 12.3 Å². The predicted octanol–water partition coefficient (Wildman–Crippen LogP) is 1.59. The Kier molecular flexibility index (Phi) is 2.41. The minimum Gasteiger partial charge on any atom is -0.506 e. The van der Waals surface area contributed by atoms with Crippen molar-refractivity contribution in [1.82, 2.24) is 10.3 Å². The molecule has 4 heteroatoms. The lowest BCUT2D eigenvalue weighted by Crippen LogP contribution is -1.97. The molecule has 0 radical (unpaired) electrons. The van der Waals surface area contributed by atoms with Crippen LogP contribution in [0.4, 0.5) is 0 Å². The molecular formula is C11H10N2O2. The first-order valence-corrected chi connectivity index (χ1v) is 4.48. The van der Waals surface area contributed by atoms with Crippen LogP contribution in [0, 0.1) is 0 Å². The monoisotopic (exact) mass is 202 g/mol. The molecule has 0 spiro atoms. The minimum absolute atomic E-state index is 0.226.